The number of terminal acetylenes is 1. The molecule has 1 aliphatic rings. The van der Waals surface area contributed by atoms with Gasteiger partial charge in [0.2, 0.25) is 0 Å². The molecule has 0 saturated heterocycles. The zero-order valence-corrected chi connectivity index (χ0v) is 9.21. The molecule has 0 radical (unpaired) electrons. The minimum absolute atomic E-state index is 0.396. The van der Waals surface area contributed by atoms with Gasteiger partial charge in [0.05, 0.1) is 0 Å². The van der Waals surface area contributed by atoms with Gasteiger partial charge in [-0.05, 0) is 30.2 Å². The molecule has 0 unspecified atom stereocenters. The van der Waals surface area contributed by atoms with Crippen LogP contribution >= 0.6 is 0 Å². The van der Waals surface area contributed by atoms with Gasteiger partial charge in [0.1, 0.15) is 0 Å². The van der Waals surface area contributed by atoms with E-state index in [9.17, 15) is 0 Å². The minimum Gasteiger partial charge on any atom is -0.120 e. The maximum atomic E-state index is 5.39. The molecule has 0 nitrogen and oxygen atoms in total. The van der Waals surface area contributed by atoms with Gasteiger partial charge in [-0.3, -0.25) is 0 Å². The van der Waals surface area contributed by atoms with Crippen LogP contribution in [0.5, 0.6) is 0 Å². The van der Waals surface area contributed by atoms with Crippen molar-refractivity contribution in [3.63, 3.8) is 0 Å². The predicted octanol–water partition coefficient (Wildman–Crippen LogP) is 3.91. The van der Waals surface area contributed by atoms with Crippen LogP contribution in [0.1, 0.15) is 44.1 Å². The van der Waals surface area contributed by atoms with Crippen molar-refractivity contribution in [2.24, 2.45) is 0 Å². The van der Waals surface area contributed by atoms with E-state index in [4.69, 9.17) is 6.42 Å². The Kier molecular flexibility index (Phi) is 3.11. The Morgan fingerprint density at radius 1 is 1.13 bits per heavy atom. The lowest BCUT2D eigenvalue weighted by Crippen LogP contribution is -2.21. The largest absolute Gasteiger partial charge is 0.120 e. The summed E-state index contributed by atoms with van der Waals surface area (Å²) >= 11 is 0. The van der Waals surface area contributed by atoms with E-state index in [0.29, 0.717) is 5.41 Å². The Bertz CT molecular complexity index is 336. The van der Waals surface area contributed by atoms with Gasteiger partial charge >= 0.3 is 0 Å². The van der Waals surface area contributed by atoms with E-state index in [1.807, 2.05) is 0 Å². The number of hydrogen-bond acceptors (Lipinski definition) is 0. The van der Waals surface area contributed by atoms with E-state index in [2.05, 4.69) is 36.3 Å². The number of hydrogen-bond donors (Lipinski definition) is 0. The molecule has 2 rings (SSSR count). The molecule has 0 N–H and O–H groups in total. The molecule has 0 aromatic heterocycles. The van der Waals surface area contributed by atoms with Crippen LogP contribution in [0.15, 0.2) is 30.3 Å². The Hall–Kier alpha value is -1.22. The Balaban J connectivity index is 2.23. The van der Waals surface area contributed by atoms with Crippen molar-refractivity contribution in [3.8, 4) is 12.3 Å². The highest BCUT2D eigenvalue weighted by atomic mass is 14.4. The first kappa shape index (κ1) is 10.3. The van der Waals surface area contributed by atoms with Gasteiger partial charge in [0, 0.05) is 6.42 Å². The fourth-order valence-corrected chi connectivity index (χ4v) is 2.84. The van der Waals surface area contributed by atoms with Crippen molar-refractivity contribution in [1.29, 1.82) is 0 Å². The van der Waals surface area contributed by atoms with Crippen molar-refractivity contribution in [3.05, 3.63) is 35.9 Å². The maximum absolute atomic E-state index is 5.39. The van der Waals surface area contributed by atoms with Crippen LogP contribution in [0.2, 0.25) is 0 Å². The van der Waals surface area contributed by atoms with Crippen molar-refractivity contribution in [2.75, 3.05) is 0 Å². The van der Waals surface area contributed by atoms with Gasteiger partial charge < -0.3 is 0 Å². The molecule has 0 atom stereocenters. The first-order valence-corrected chi connectivity index (χ1v) is 5.86. The Morgan fingerprint density at radius 3 is 2.40 bits per heavy atom. The zero-order chi connectivity index (χ0) is 10.6. The zero-order valence-electron chi connectivity index (χ0n) is 9.21. The van der Waals surface area contributed by atoms with Crippen molar-refractivity contribution >= 4 is 0 Å². The molecule has 1 aliphatic carbocycles. The Morgan fingerprint density at radius 2 is 1.80 bits per heavy atom. The molecule has 78 valence electrons. The number of benzene rings is 1. The molecule has 0 heteroatoms. The van der Waals surface area contributed by atoms with Gasteiger partial charge in [-0.15, -0.1) is 12.3 Å². The standard InChI is InChI=1S/C15H18/c1-2-3-11-15(12-7-8-13-15)14-9-5-4-6-10-14/h1,4-6,9-10H,3,7-8,11-13H2. The molecule has 1 aromatic carbocycles. The third-order valence-corrected chi connectivity index (χ3v) is 3.69. The van der Waals surface area contributed by atoms with Crippen LogP contribution < -0.4 is 0 Å². The van der Waals surface area contributed by atoms with Crippen molar-refractivity contribution in [2.45, 2.75) is 43.9 Å². The summed E-state index contributed by atoms with van der Waals surface area (Å²) < 4.78 is 0. The highest BCUT2D eigenvalue weighted by molar-refractivity contribution is 5.26. The molecule has 0 spiro atoms. The van der Waals surface area contributed by atoms with Gasteiger partial charge in [-0.2, -0.15) is 0 Å². The first-order chi connectivity index (χ1) is 7.37. The second-order valence-electron chi connectivity index (χ2n) is 4.56. The topological polar surface area (TPSA) is 0 Å². The average Bonchev–Trinajstić information content (AvgIpc) is 2.78. The van der Waals surface area contributed by atoms with E-state index in [-0.39, 0.29) is 0 Å². The molecule has 0 heterocycles. The Labute approximate surface area is 92.7 Å². The molecule has 0 amide bonds. The molecule has 0 bridgehead atoms. The molecule has 0 aliphatic heterocycles. The fraction of sp³-hybridized carbons (Fsp3) is 0.467. The summed E-state index contributed by atoms with van der Waals surface area (Å²) in [5.74, 6) is 2.79. The molecular formula is C15H18. The minimum atomic E-state index is 0.396. The first-order valence-electron chi connectivity index (χ1n) is 5.86. The van der Waals surface area contributed by atoms with E-state index in [0.717, 1.165) is 12.8 Å². The molecular weight excluding hydrogens is 180 g/mol. The van der Waals surface area contributed by atoms with E-state index < -0.39 is 0 Å². The lowest BCUT2D eigenvalue weighted by molar-refractivity contribution is 0.411. The molecule has 1 fully saturated rings. The second kappa shape index (κ2) is 4.53. The van der Waals surface area contributed by atoms with E-state index >= 15 is 0 Å². The SMILES string of the molecule is C#CCCC1(c2ccccc2)CCCC1. The lowest BCUT2D eigenvalue weighted by Gasteiger charge is -2.29. The van der Waals surface area contributed by atoms with Gasteiger partial charge in [0.25, 0.3) is 0 Å². The third-order valence-electron chi connectivity index (χ3n) is 3.69. The summed E-state index contributed by atoms with van der Waals surface area (Å²) in [6.07, 6.45) is 12.8. The normalized spacial score (nSPS) is 18.6. The van der Waals surface area contributed by atoms with Crippen molar-refractivity contribution in [1.82, 2.24) is 0 Å². The summed E-state index contributed by atoms with van der Waals surface area (Å²) in [5, 5.41) is 0. The van der Waals surface area contributed by atoms with Gasteiger partial charge in [-0.25, -0.2) is 0 Å². The smallest absolute Gasteiger partial charge is 0.00945 e. The molecule has 1 saturated carbocycles. The summed E-state index contributed by atoms with van der Waals surface area (Å²) in [6.45, 7) is 0. The summed E-state index contributed by atoms with van der Waals surface area (Å²) in [6, 6.07) is 10.9. The highest BCUT2D eigenvalue weighted by Gasteiger charge is 2.34. The molecule has 1 aromatic rings. The van der Waals surface area contributed by atoms with Gasteiger partial charge in [-0.1, -0.05) is 43.2 Å². The summed E-state index contributed by atoms with van der Waals surface area (Å²) in [7, 11) is 0. The fourth-order valence-electron chi connectivity index (χ4n) is 2.84. The monoisotopic (exact) mass is 198 g/mol. The van der Waals surface area contributed by atoms with Gasteiger partial charge in [0.15, 0.2) is 0 Å². The van der Waals surface area contributed by atoms with Crippen LogP contribution in [-0.4, -0.2) is 0 Å². The summed E-state index contributed by atoms with van der Waals surface area (Å²) in [5.41, 5.74) is 1.89. The van der Waals surface area contributed by atoms with Crippen LogP contribution in [-0.2, 0) is 5.41 Å². The number of rotatable bonds is 3. The lowest BCUT2D eigenvalue weighted by atomic mass is 9.75. The molecule has 15 heavy (non-hydrogen) atoms. The summed E-state index contributed by atoms with van der Waals surface area (Å²) in [4.78, 5) is 0. The average molecular weight is 198 g/mol. The van der Waals surface area contributed by atoms with Crippen LogP contribution in [0.4, 0.5) is 0 Å². The van der Waals surface area contributed by atoms with E-state index in [1.54, 1.807) is 0 Å². The quantitative estimate of drug-likeness (QED) is 0.646. The van der Waals surface area contributed by atoms with E-state index in [1.165, 1.54) is 31.2 Å². The van der Waals surface area contributed by atoms with Crippen LogP contribution in [0, 0.1) is 12.3 Å². The second-order valence-corrected chi connectivity index (χ2v) is 4.56. The van der Waals surface area contributed by atoms with Crippen LogP contribution in [0.3, 0.4) is 0 Å². The van der Waals surface area contributed by atoms with Crippen molar-refractivity contribution < 1.29 is 0 Å². The third kappa shape index (κ3) is 2.07. The maximum Gasteiger partial charge on any atom is 0.00945 e. The highest BCUT2D eigenvalue weighted by Crippen LogP contribution is 2.44. The predicted molar refractivity (Wildman–Crippen MR) is 64.7 cm³/mol. The van der Waals surface area contributed by atoms with Crippen LogP contribution in [0.25, 0.3) is 0 Å².